The SMILES string of the molecule is N#C[C@@H]1C[C@H]1c1ccsc1. The van der Waals surface area contributed by atoms with Gasteiger partial charge in [-0.3, -0.25) is 0 Å². The molecule has 0 radical (unpaired) electrons. The van der Waals surface area contributed by atoms with Crippen LogP contribution >= 0.6 is 11.3 Å². The Hall–Kier alpha value is -0.810. The van der Waals surface area contributed by atoms with Crippen molar-refractivity contribution in [3.63, 3.8) is 0 Å². The highest BCUT2D eigenvalue weighted by Gasteiger charge is 2.38. The first-order valence-electron chi connectivity index (χ1n) is 3.33. The van der Waals surface area contributed by atoms with Gasteiger partial charge in [0.25, 0.3) is 0 Å². The highest BCUT2D eigenvalue weighted by atomic mass is 32.1. The first-order chi connectivity index (χ1) is 4.92. The van der Waals surface area contributed by atoms with Crippen molar-refractivity contribution in [3.05, 3.63) is 22.4 Å². The molecule has 1 fully saturated rings. The molecule has 0 amide bonds. The standard InChI is InChI=1S/C8H7NS/c9-4-7-3-8(7)6-1-2-10-5-6/h1-2,5,7-8H,3H2/t7-,8-/m0/s1. The molecular formula is C8H7NS. The summed E-state index contributed by atoms with van der Waals surface area (Å²) in [4.78, 5) is 0. The van der Waals surface area contributed by atoms with Crippen molar-refractivity contribution in [2.45, 2.75) is 12.3 Å². The van der Waals surface area contributed by atoms with E-state index < -0.39 is 0 Å². The molecule has 10 heavy (non-hydrogen) atoms. The van der Waals surface area contributed by atoms with Gasteiger partial charge in [-0.1, -0.05) is 0 Å². The van der Waals surface area contributed by atoms with E-state index in [1.54, 1.807) is 11.3 Å². The number of rotatable bonds is 1. The van der Waals surface area contributed by atoms with Gasteiger partial charge in [-0.2, -0.15) is 16.6 Å². The second-order valence-corrected chi connectivity index (χ2v) is 3.41. The zero-order valence-electron chi connectivity index (χ0n) is 5.45. The summed E-state index contributed by atoms with van der Waals surface area (Å²) in [6.45, 7) is 0. The molecule has 0 saturated heterocycles. The fourth-order valence-electron chi connectivity index (χ4n) is 1.19. The Labute approximate surface area is 63.9 Å². The Morgan fingerprint density at radius 2 is 2.60 bits per heavy atom. The fraction of sp³-hybridized carbons (Fsp3) is 0.375. The maximum atomic E-state index is 8.53. The van der Waals surface area contributed by atoms with Gasteiger partial charge in [0.15, 0.2) is 0 Å². The normalized spacial score (nSPS) is 29.5. The summed E-state index contributed by atoms with van der Waals surface area (Å²) in [5.74, 6) is 0.880. The Balaban J connectivity index is 2.13. The van der Waals surface area contributed by atoms with E-state index in [-0.39, 0.29) is 0 Å². The summed E-state index contributed by atoms with van der Waals surface area (Å²) < 4.78 is 0. The quantitative estimate of drug-likeness (QED) is 0.601. The molecule has 1 aliphatic rings. The molecular weight excluding hydrogens is 142 g/mol. The molecule has 2 atom stereocenters. The fourth-order valence-corrected chi connectivity index (χ4v) is 1.92. The lowest BCUT2D eigenvalue weighted by atomic mass is 10.2. The van der Waals surface area contributed by atoms with Crippen molar-refractivity contribution < 1.29 is 0 Å². The van der Waals surface area contributed by atoms with E-state index in [1.807, 2.05) is 0 Å². The van der Waals surface area contributed by atoms with Crippen LogP contribution in [0.5, 0.6) is 0 Å². The van der Waals surface area contributed by atoms with Crippen LogP contribution in [0.1, 0.15) is 17.9 Å². The number of hydrogen-bond donors (Lipinski definition) is 0. The van der Waals surface area contributed by atoms with Gasteiger partial charge in [0, 0.05) is 5.92 Å². The van der Waals surface area contributed by atoms with Crippen LogP contribution in [0.2, 0.25) is 0 Å². The minimum Gasteiger partial charge on any atom is -0.198 e. The van der Waals surface area contributed by atoms with Gasteiger partial charge < -0.3 is 0 Å². The topological polar surface area (TPSA) is 23.8 Å². The number of thiophene rings is 1. The molecule has 0 N–H and O–H groups in total. The lowest BCUT2D eigenvalue weighted by molar-refractivity contribution is 1.03. The molecule has 2 rings (SSSR count). The van der Waals surface area contributed by atoms with Crippen molar-refractivity contribution in [2.24, 2.45) is 5.92 Å². The van der Waals surface area contributed by atoms with E-state index in [2.05, 4.69) is 22.9 Å². The maximum Gasteiger partial charge on any atom is 0.0662 e. The average molecular weight is 149 g/mol. The van der Waals surface area contributed by atoms with Crippen LogP contribution in [0.15, 0.2) is 16.8 Å². The number of nitriles is 1. The maximum absolute atomic E-state index is 8.53. The highest BCUT2D eigenvalue weighted by molar-refractivity contribution is 7.08. The van der Waals surface area contributed by atoms with Crippen molar-refractivity contribution in [1.29, 1.82) is 5.26 Å². The first kappa shape index (κ1) is 5.94. The van der Waals surface area contributed by atoms with Gasteiger partial charge in [0.2, 0.25) is 0 Å². The zero-order valence-corrected chi connectivity index (χ0v) is 6.27. The third kappa shape index (κ3) is 0.833. The average Bonchev–Trinajstić information content (AvgIpc) is 2.56. The van der Waals surface area contributed by atoms with Gasteiger partial charge in [-0.15, -0.1) is 0 Å². The molecule has 0 aliphatic heterocycles. The van der Waals surface area contributed by atoms with E-state index in [4.69, 9.17) is 5.26 Å². The van der Waals surface area contributed by atoms with Gasteiger partial charge in [0.05, 0.1) is 12.0 Å². The molecule has 0 bridgehead atoms. The Bertz CT molecular complexity index is 257. The predicted octanol–water partition coefficient (Wildman–Crippen LogP) is 2.38. The van der Waals surface area contributed by atoms with Crippen LogP contribution < -0.4 is 0 Å². The molecule has 1 aromatic rings. The lowest BCUT2D eigenvalue weighted by Crippen LogP contribution is -1.74. The van der Waals surface area contributed by atoms with Crippen molar-refractivity contribution >= 4 is 11.3 Å². The molecule has 1 nitrogen and oxygen atoms in total. The van der Waals surface area contributed by atoms with E-state index in [0.717, 1.165) is 6.42 Å². The zero-order chi connectivity index (χ0) is 6.97. The number of nitrogens with zero attached hydrogens (tertiary/aromatic N) is 1. The van der Waals surface area contributed by atoms with Crippen LogP contribution in [0.25, 0.3) is 0 Å². The van der Waals surface area contributed by atoms with Gasteiger partial charge in [-0.25, -0.2) is 0 Å². The molecule has 0 unspecified atom stereocenters. The van der Waals surface area contributed by atoms with Crippen LogP contribution in [0, 0.1) is 17.2 Å². The van der Waals surface area contributed by atoms with Crippen molar-refractivity contribution in [1.82, 2.24) is 0 Å². The second kappa shape index (κ2) is 2.10. The first-order valence-corrected chi connectivity index (χ1v) is 4.28. The van der Waals surface area contributed by atoms with Crippen LogP contribution in [-0.2, 0) is 0 Å². The van der Waals surface area contributed by atoms with E-state index >= 15 is 0 Å². The Morgan fingerprint density at radius 3 is 3.10 bits per heavy atom. The van der Waals surface area contributed by atoms with Crippen LogP contribution in [-0.4, -0.2) is 0 Å². The van der Waals surface area contributed by atoms with Gasteiger partial charge in [0.1, 0.15) is 0 Å². The largest absolute Gasteiger partial charge is 0.198 e. The van der Waals surface area contributed by atoms with Gasteiger partial charge >= 0.3 is 0 Å². The molecule has 1 aliphatic carbocycles. The van der Waals surface area contributed by atoms with Gasteiger partial charge in [-0.05, 0) is 28.8 Å². The molecule has 0 spiro atoms. The summed E-state index contributed by atoms with van der Waals surface area (Å²) in [5, 5.41) is 12.7. The van der Waals surface area contributed by atoms with Crippen LogP contribution in [0.3, 0.4) is 0 Å². The summed E-state index contributed by atoms with van der Waals surface area (Å²) in [6.07, 6.45) is 1.08. The molecule has 0 aromatic carbocycles. The minimum absolute atomic E-state index is 0.314. The van der Waals surface area contributed by atoms with Crippen molar-refractivity contribution in [3.8, 4) is 6.07 Å². The molecule has 1 saturated carbocycles. The van der Waals surface area contributed by atoms with E-state index in [1.165, 1.54) is 5.56 Å². The number of hydrogen-bond acceptors (Lipinski definition) is 2. The lowest BCUT2D eigenvalue weighted by Gasteiger charge is -1.85. The summed E-state index contributed by atoms with van der Waals surface area (Å²) >= 11 is 1.71. The molecule has 2 heteroatoms. The van der Waals surface area contributed by atoms with Crippen molar-refractivity contribution in [2.75, 3.05) is 0 Å². The molecule has 1 heterocycles. The van der Waals surface area contributed by atoms with E-state index in [9.17, 15) is 0 Å². The highest BCUT2D eigenvalue weighted by Crippen LogP contribution is 2.47. The smallest absolute Gasteiger partial charge is 0.0662 e. The second-order valence-electron chi connectivity index (χ2n) is 2.63. The molecule has 1 aromatic heterocycles. The van der Waals surface area contributed by atoms with E-state index in [0.29, 0.717) is 11.8 Å². The minimum atomic E-state index is 0.314. The third-order valence-corrected chi connectivity index (χ3v) is 2.63. The molecule has 50 valence electrons. The summed E-state index contributed by atoms with van der Waals surface area (Å²) in [5.41, 5.74) is 1.36. The monoisotopic (exact) mass is 149 g/mol. The third-order valence-electron chi connectivity index (χ3n) is 1.93. The Kier molecular flexibility index (Phi) is 1.25. The summed E-state index contributed by atoms with van der Waals surface area (Å²) in [7, 11) is 0. The summed E-state index contributed by atoms with van der Waals surface area (Å²) in [6, 6.07) is 4.40. The Morgan fingerprint density at radius 1 is 1.70 bits per heavy atom. The van der Waals surface area contributed by atoms with Crippen LogP contribution in [0.4, 0.5) is 0 Å². The predicted molar refractivity (Wildman–Crippen MR) is 40.8 cm³/mol.